The summed E-state index contributed by atoms with van der Waals surface area (Å²) in [6, 6.07) is 19.6. The fourth-order valence-corrected chi connectivity index (χ4v) is 3.73. The molecule has 1 fully saturated rings. The Labute approximate surface area is 168 Å². The maximum atomic E-state index is 12.7. The van der Waals surface area contributed by atoms with Gasteiger partial charge in [0.2, 0.25) is 0 Å². The molecule has 0 saturated carbocycles. The molecule has 0 aliphatic carbocycles. The molecule has 6 nitrogen and oxygen atoms in total. The largest absolute Gasteiger partial charge is 0.422 e. The number of likely N-dealkylation sites (N-methyl/N-ethyl adjacent to an activating group) is 1. The fraction of sp³-hybridized carbons (Fsp3) is 0.217. The maximum Gasteiger partial charge on any atom is 0.345 e. The fourth-order valence-electron chi connectivity index (χ4n) is 3.73. The van der Waals surface area contributed by atoms with Crippen molar-refractivity contribution in [1.29, 1.82) is 0 Å². The number of benzene rings is 2. The van der Waals surface area contributed by atoms with E-state index in [0.29, 0.717) is 16.8 Å². The molecule has 0 N–H and O–H groups in total. The first kappa shape index (κ1) is 17.7. The smallest absolute Gasteiger partial charge is 0.345 e. The van der Waals surface area contributed by atoms with Crippen molar-refractivity contribution in [1.82, 2.24) is 14.7 Å². The molecule has 0 spiro atoms. The molecule has 3 heterocycles. The van der Waals surface area contributed by atoms with Crippen molar-refractivity contribution in [2.24, 2.45) is 0 Å². The molecule has 0 radical (unpaired) electrons. The van der Waals surface area contributed by atoms with Crippen LogP contribution in [0.15, 0.2) is 76.1 Å². The number of piperazine rings is 1. The van der Waals surface area contributed by atoms with E-state index >= 15 is 0 Å². The van der Waals surface area contributed by atoms with E-state index in [1.54, 1.807) is 4.68 Å². The van der Waals surface area contributed by atoms with Crippen LogP contribution in [0.4, 0.5) is 5.69 Å². The highest BCUT2D eigenvalue weighted by Gasteiger charge is 2.16. The minimum Gasteiger partial charge on any atom is -0.422 e. The standard InChI is InChI=1S/C23H22N4O2/c1-25-11-13-26(14-12-25)19-8-7-17-15-20(23(28)29-22(17)16-19)21-9-10-27(24-21)18-5-3-2-4-6-18/h2-10,15-16H,11-14H2,1H3. The van der Waals surface area contributed by atoms with Crippen LogP contribution >= 0.6 is 0 Å². The molecule has 4 aromatic rings. The van der Waals surface area contributed by atoms with Gasteiger partial charge in [0.25, 0.3) is 0 Å². The summed E-state index contributed by atoms with van der Waals surface area (Å²) in [5.74, 6) is 0. The third-order valence-corrected chi connectivity index (χ3v) is 5.47. The van der Waals surface area contributed by atoms with E-state index in [0.717, 1.165) is 42.9 Å². The van der Waals surface area contributed by atoms with Gasteiger partial charge in [-0.3, -0.25) is 0 Å². The lowest BCUT2D eigenvalue weighted by Gasteiger charge is -2.34. The number of aromatic nitrogens is 2. The van der Waals surface area contributed by atoms with E-state index < -0.39 is 0 Å². The van der Waals surface area contributed by atoms with Crippen molar-refractivity contribution in [3.05, 3.63) is 77.3 Å². The maximum absolute atomic E-state index is 12.7. The molecule has 1 aliphatic rings. The lowest BCUT2D eigenvalue weighted by Crippen LogP contribution is -2.44. The predicted octanol–water partition coefficient (Wildman–Crippen LogP) is 3.40. The van der Waals surface area contributed by atoms with Gasteiger partial charge >= 0.3 is 5.63 Å². The van der Waals surface area contributed by atoms with Crippen LogP contribution in [0, 0.1) is 0 Å². The van der Waals surface area contributed by atoms with Gasteiger partial charge in [-0.25, -0.2) is 9.48 Å². The van der Waals surface area contributed by atoms with Gasteiger partial charge in [0.05, 0.1) is 11.3 Å². The first-order valence-corrected chi connectivity index (χ1v) is 9.80. The highest BCUT2D eigenvalue weighted by atomic mass is 16.4. The summed E-state index contributed by atoms with van der Waals surface area (Å²) in [7, 11) is 2.14. The van der Waals surface area contributed by atoms with Gasteiger partial charge in [-0.15, -0.1) is 0 Å². The average molecular weight is 386 g/mol. The number of hydrogen-bond donors (Lipinski definition) is 0. The van der Waals surface area contributed by atoms with E-state index in [4.69, 9.17) is 4.42 Å². The molecule has 29 heavy (non-hydrogen) atoms. The van der Waals surface area contributed by atoms with Crippen molar-refractivity contribution < 1.29 is 4.42 Å². The van der Waals surface area contributed by atoms with E-state index in [1.165, 1.54) is 0 Å². The molecule has 0 amide bonds. The zero-order chi connectivity index (χ0) is 19.8. The summed E-state index contributed by atoms with van der Waals surface area (Å²) < 4.78 is 7.43. The molecule has 0 bridgehead atoms. The second kappa shape index (κ2) is 7.22. The first-order valence-electron chi connectivity index (χ1n) is 9.80. The van der Waals surface area contributed by atoms with Gasteiger partial charge in [-0.2, -0.15) is 5.10 Å². The summed E-state index contributed by atoms with van der Waals surface area (Å²) in [4.78, 5) is 17.3. The molecular weight excluding hydrogens is 364 g/mol. The minimum atomic E-state index is -0.369. The Bertz CT molecular complexity index is 1200. The summed E-state index contributed by atoms with van der Waals surface area (Å²) >= 11 is 0. The zero-order valence-corrected chi connectivity index (χ0v) is 16.3. The van der Waals surface area contributed by atoms with Crippen molar-refractivity contribution in [3.63, 3.8) is 0 Å². The third kappa shape index (κ3) is 3.43. The lowest BCUT2D eigenvalue weighted by atomic mass is 10.1. The van der Waals surface area contributed by atoms with Crippen LogP contribution in [0.2, 0.25) is 0 Å². The van der Waals surface area contributed by atoms with E-state index in [9.17, 15) is 4.79 Å². The van der Waals surface area contributed by atoms with Crippen LogP contribution in [0.1, 0.15) is 0 Å². The molecule has 1 saturated heterocycles. The predicted molar refractivity (Wildman–Crippen MR) is 115 cm³/mol. The van der Waals surface area contributed by atoms with E-state index in [-0.39, 0.29) is 5.63 Å². The van der Waals surface area contributed by atoms with Crippen molar-refractivity contribution in [2.75, 3.05) is 38.1 Å². The highest BCUT2D eigenvalue weighted by Crippen LogP contribution is 2.25. The summed E-state index contributed by atoms with van der Waals surface area (Å²) in [6.07, 6.45) is 1.85. The number of hydrogen-bond acceptors (Lipinski definition) is 5. The monoisotopic (exact) mass is 386 g/mol. The lowest BCUT2D eigenvalue weighted by molar-refractivity contribution is 0.313. The second-order valence-corrected chi connectivity index (χ2v) is 7.44. The number of anilines is 1. The van der Waals surface area contributed by atoms with Crippen LogP contribution < -0.4 is 10.5 Å². The molecular formula is C23H22N4O2. The van der Waals surface area contributed by atoms with Gasteiger partial charge in [0.15, 0.2) is 0 Å². The molecule has 0 atom stereocenters. The number of nitrogens with zero attached hydrogens (tertiary/aromatic N) is 4. The first-order chi connectivity index (χ1) is 14.2. The van der Waals surface area contributed by atoms with Crippen molar-refractivity contribution in [3.8, 4) is 16.9 Å². The highest BCUT2D eigenvalue weighted by molar-refractivity contribution is 5.84. The Morgan fingerprint density at radius 1 is 0.897 bits per heavy atom. The molecule has 2 aromatic carbocycles. The Hall–Kier alpha value is -3.38. The van der Waals surface area contributed by atoms with Gasteiger partial charge in [0, 0.05) is 49.5 Å². The van der Waals surface area contributed by atoms with Gasteiger partial charge in [-0.1, -0.05) is 18.2 Å². The van der Waals surface area contributed by atoms with Gasteiger partial charge in [0.1, 0.15) is 11.3 Å². The van der Waals surface area contributed by atoms with E-state index in [1.807, 2.05) is 60.8 Å². The van der Waals surface area contributed by atoms with Crippen molar-refractivity contribution >= 4 is 16.7 Å². The summed E-state index contributed by atoms with van der Waals surface area (Å²) in [6.45, 7) is 4.01. The zero-order valence-electron chi connectivity index (χ0n) is 16.3. The van der Waals surface area contributed by atoms with Gasteiger partial charge < -0.3 is 14.2 Å². The number of fused-ring (bicyclic) bond motifs is 1. The Morgan fingerprint density at radius 3 is 2.48 bits per heavy atom. The van der Waals surface area contributed by atoms with Crippen LogP contribution in [0.5, 0.6) is 0 Å². The summed E-state index contributed by atoms with van der Waals surface area (Å²) in [5, 5.41) is 5.46. The topological polar surface area (TPSA) is 54.5 Å². The summed E-state index contributed by atoms with van der Waals surface area (Å²) in [5.41, 5.74) is 3.35. The van der Waals surface area contributed by atoms with Gasteiger partial charge in [-0.05, 0) is 43.4 Å². The quantitative estimate of drug-likeness (QED) is 0.505. The normalized spacial score (nSPS) is 15.1. The SMILES string of the molecule is CN1CCN(c2ccc3cc(-c4ccn(-c5ccccc5)n4)c(=O)oc3c2)CC1. The molecule has 6 heteroatoms. The van der Waals surface area contributed by atoms with Crippen LogP contribution in [0.3, 0.4) is 0 Å². The van der Waals surface area contributed by atoms with Crippen molar-refractivity contribution in [2.45, 2.75) is 0 Å². The number of para-hydroxylation sites is 1. The third-order valence-electron chi connectivity index (χ3n) is 5.47. The second-order valence-electron chi connectivity index (χ2n) is 7.44. The minimum absolute atomic E-state index is 0.369. The Morgan fingerprint density at radius 2 is 1.69 bits per heavy atom. The Balaban J connectivity index is 1.48. The molecule has 2 aromatic heterocycles. The average Bonchev–Trinajstić information content (AvgIpc) is 3.24. The van der Waals surface area contributed by atoms with Crippen LogP contribution in [-0.4, -0.2) is 47.9 Å². The molecule has 0 unspecified atom stereocenters. The molecule has 5 rings (SSSR count). The Kier molecular flexibility index (Phi) is 4.41. The molecule has 1 aliphatic heterocycles. The van der Waals surface area contributed by atoms with Crippen LogP contribution in [0.25, 0.3) is 27.9 Å². The molecule has 146 valence electrons. The van der Waals surface area contributed by atoms with E-state index in [2.05, 4.69) is 28.0 Å². The van der Waals surface area contributed by atoms with Crippen LogP contribution in [-0.2, 0) is 0 Å². The number of rotatable bonds is 3.